The summed E-state index contributed by atoms with van der Waals surface area (Å²) in [6.45, 7) is 2.07. The third kappa shape index (κ3) is 3.57. The molecule has 2 heterocycles. The largest absolute Gasteiger partial charge is 0.441 e. The first kappa shape index (κ1) is 19.1. The molecule has 28 heavy (non-hydrogen) atoms. The minimum absolute atomic E-state index is 0.176. The number of benzene rings is 2. The standard InChI is InChI=1S/C19H18BrN3O4S/c1-12-21-16-11-14(6-9-18(16)27-12)22-19(24)17-3-2-10-23(17)28(25,26)15-7-4-13(20)5-8-15/h4-9,11,17H,2-3,10H2,1H3,(H,22,24). The molecular formula is C19H18BrN3O4S. The Morgan fingerprint density at radius 2 is 2.00 bits per heavy atom. The quantitative estimate of drug-likeness (QED) is 0.636. The number of halogens is 1. The predicted octanol–water partition coefficient (Wildman–Crippen LogP) is 3.69. The lowest BCUT2D eigenvalue weighted by Crippen LogP contribution is -2.43. The number of hydrogen-bond donors (Lipinski definition) is 1. The van der Waals surface area contributed by atoms with Crippen molar-refractivity contribution in [3.05, 3.63) is 52.8 Å². The van der Waals surface area contributed by atoms with Crippen molar-refractivity contribution >= 4 is 48.6 Å². The molecule has 4 rings (SSSR count). The highest BCUT2D eigenvalue weighted by Gasteiger charge is 2.39. The van der Waals surface area contributed by atoms with Crippen LogP contribution in [0, 0.1) is 6.92 Å². The summed E-state index contributed by atoms with van der Waals surface area (Å²) in [7, 11) is -3.75. The Hall–Kier alpha value is -2.23. The van der Waals surface area contributed by atoms with Crippen LogP contribution < -0.4 is 5.32 Å². The van der Waals surface area contributed by atoms with Gasteiger partial charge in [0.2, 0.25) is 15.9 Å². The SMILES string of the molecule is Cc1nc2cc(NC(=O)C3CCCN3S(=O)(=O)c3ccc(Br)cc3)ccc2o1. The maximum atomic E-state index is 13.0. The Morgan fingerprint density at radius 3 is 2.75 bits per heavy atom. The second-order valence-corrected chi connectivity index (χ2v) is 9.44. The number of carbonyl (C=O) groups is 1. The second kappa shape index (κ2) is 7.31. The van der Waals surface area contributed by atoms with Gasteiger partial charge in [-0.15, -0.1) is 0 Å². The number of oxazole rings is 1. The second-order valence-electron chi connectivity index (χ2n) is 6.63. The van der Waals surface area contributed by atoms with Crippen molar-refractivity contribution in [2.45, 2.75) is 30.7 Å². The molecule has 1 atom stereocenters. The molecule has 7 nitrogen and oxygen atoms in total. The minimum atomic E-state index is -3.75. The number of nitrogens with zero attached hydrogens (tertiary/aromatic N) is 2. The molecule has 9 heteroatoms. The van der Waals surface area contributed by atoms with E-state index in [-0.39, 0.29) is 10.8 Å². The number of carbonyl (C=O) groups excluding carboxylic acids is 1. The van der Waals surface area contributed by atoms with Crippen LogP contribution in [0.1, 0.15) is 18.7 Å². The number of anilines is 1. The van der Waals surface area contributed by atoms with Crippen LogP contribution in [0.4, 0.5) is 5.69 Å². The molecule has 1 saturated heterocycles. The van der Waals surface area contributed by atoms with Gasteiger partial charge in [0.05, 0.1) is 4.90 Å². The molecular weight excluding hydrogens is 446 g/mol. The number of hydrogen-bond acceptors (Lipinski definition) is 5. The van der Waals surface area contributed by atoms with Crippen molar-refractivity contribution in [1.29, 1.82) is 0 Å². The van der Waals surface area contributed by atoms with Crippen molar-refractivity contribution in [1.82, 2.24) is 9.29 Å². The van der Waals surface area contributed by atoms with Crippen molar-refractivity contribution in [3.63, 3.8) is 0 Å². The van der Waals surface area contributed by atoms with Gasteiger partial charge in [-0.3, -0.25) is 4.79 Å². The van der Waals surface area contributed by atoms with E-state index >= 15 is 0 Å². The van der Waals surface area contributed by atoms with Crippen LogP contribution in [0.5, 0.6) is 0 Å². The van der Waals surface area contributed by atoms with Gasteiger partial charge < -0.3 is 9.73 Å². The molecule has 0 aliphatic carbocycles. The first-order valence-corrected chi connectivity index (χ1v) is 11.0. The highest BCUT2D eigenvalue weighted by Crippen LogP contribution is 2.28. The molecule has 1 aromatic heterocycles. The van der Waals surface area contributed by atoms with Crippen molar-refractivity contribution in [3.8, 4) is 0 Å². The van der Waals surface area contributed by atoms with Gasteiger partial charge in [0, 0.05) is 23.6 Å². The van der Waals surface area contributed by atoms with Crippen LogP contribution in [0.25, 0.3) is 11.1 Å². The number of rotatable bonds is 4. The third-order valence-electron chi connectivity index (χ3n) is 4.69. The summed E-state index contributed by atoms with van der Waals surface area (Å²) < 4.78 is 33.5. The summed E-state index contributed by atoms with van der Waals surface area (Å²) >= 11 is 3.30. The van der Waals surface area contributed by atoms with Crippen LogP contribution in [-0.2, 0) is 14.8 Å². The van der Waals surface area contributed by atoms with Crippen LogP contribution in [0.15, 0.2) is 56.2 Å². The summed E-state index contributed by atoms with van der Waals surface area (Å²) in [5.41, 5.74) is 1.83. The first-order chi connectivity index (χ1) is 13.3. The number of amides is 1. The van der Waals surface area contributed by atoms with Gasteiger partial charge in [-0.05, 0) is 55.3 Å². The van der Waals surface area contributed by atoms with Gasteiger partial charge in [-0.2, -0.15) is 4.31 Å². The van der Waals surface area contributed by atoms with E-state index < -0.39 is 16.1 Å². The number of sulfonamides is 1. The van der Waals surface area contributed by atoms with Gasteiger partial charge in [0.15, 0.2) is 11.5 Å². The monoisotopic (exact) mass is 463 g/mol. The van der Waals surface area contributed by atoms with E-state index in [1.807, 2.05) is 0 Å². The molecule has 1 N–H and O–H groups in total. The molecule has 1 aliphatic heterocycles. The summed E-state index contributed by atoms with van der Waals surface area (Å²) in [6, 6.07) is 10.8. The van der Waals surface area contributed by atoms with E-state index in [1.165, 1.54) is 16.4 Å². The van der Waals surface area contributed by atoms with Crippen LogP contribution in [-0.4, -0.2) is 36.2 Å². The topological polar surface area (TPSA) is 92.5 Å². The maximum Gasteiger partial charge on any atom is 0.243 e. The van der Waals surface area contributed by atoms with Gasteiger partial charge in [-0.25, -0.2) is 13.4 Å². The predicted molar refractivity (Wildman–Crippen MR) is 108 cm³/mol. The third-order valence-corrected chi connectivity index (χ3v) is 7.14. The zero-order chi connectivity index (χ0) is 19.9. The van der Waals surface area contributed by atoms with Crippen molar-refractivity contribution in [2.24, 2.45) is 0 Å². The molecule has 1 unspecified atom stereocenters. The highest BCUT2D eigenvalue weighted by molar-refractivity contribution is 9.10. The molecule has 1 aliphatic rings. The molecule has 0 spiro atoms. The average molecular weight is 464 g/mol. The number of fused-ring (bicyclic) bond motifs is 1. The fraction of sp³-hybridized carbons (Fsp3) is 0.263. The molecule has 3 aromatic rings. The number of nitrogens with one attached hydrogen (secondary N) is 1. The van der Waals surface area contributed by atoms with Crippen LogP contribution in [0.2, 0.25) is 0 Å². The lowest BCUT2D eigenvalue weighted by molar-refractivity contribution is -0.119. The van der Waals surface area contributed by atoms with E-state index in [9.17, 15) is 13.2 Å². The Morgan fingerprint density at radius 1 is 1.25 bits per heavy atom. The zero-order valence-electron chi connectivity index (χ0n) is 15.1. The van der Waals surface area contributed by atoms with E-state index in [4.69, 9.17) is 4.42 Å². The van der Waals surface area contributed by atoms with Crippen LogP contribution in [0.3, 0.4) is 0 Å². The zero-order valence-corrected chi connectivity index (χ0v) is 17.5. The lowest BCUT2D eigenvalue weighted by Gasteiger charge is -2.23. The molecule has 1 fully saturated rings. The van der Waals surface area contributed by atoms with Gasteiger partial charge >= 0.3 is 0 Å². The van der Waals surface area contributed by atoms with E-state index in [1.54, 1.807) is 37.3 Å². The highest BCUT2D eigenvalue weighted by atomic mass is 79.9. The number of aromatic nitrogens is 1. The fourth-order valence-electron chi connectivity index (χ4n) is 3.38. The number of aryl methyl sites for hydroxylation is 1. The average Bonchev–Trinajstić information content (AvgIpc) is 3.28. The Kier molecular flexibility index (Phi) is 4.98. The van der Waals surface area contributed by atoms with E-state index in [2.05, 4.69) is 26.2 Å². The van der Waals surface area contributed by atoms with Gasteiger partial charge in [0.1, 0.15) is 11.6 Å². The lowest BCUT2D eigenvalue weighted by atomic mass is 10.2. The summed E-state index contributed by atoms with van der Waals surface area (Å²) in [4.78, 5) is 17.3. The normalized spacial score (nSPS) is 17.9. The van der Waals surface area contributed by atoms with Crippen molar-refractivity contribution < 1.29 is 17.6 Å². The molecule has 0 saturated carbocycles. The Labute approximate surface area is 170 Å². The first-order valence-electron chi connectivity index (χ1n) is 8.80. The van der Waals surface area contributed by atoms with E-state index in [0.717, 1.165) is 4.47 Å². The van der Waals surface area contributed by atoms with Crippen LogP contribution >= 0.6 is 15.9 Å². The van der Waals surface area contributed by atoms with Gasteiger partial charge in [-0.1, -0.05) is 15.9 Å². The molecule has 1 amide bonds. The molecule has 2 aromatic carbocycles. The Bertz CT molecular complexity index is 1140. The summed E-state index contributed by atoms with van der Waals surface area (Å²) in [6.07, 6.45) is 1.11. The Balaban J connectivity index is 1.56. The summed E-state index contributed by atoms with van der Waals surface area (Å²) in [5, 5.41) is 2.81. The fourth-order valence-corrected chi connectivity index (χ4v) is 5.30. The maximum absolute atomic E-state index is 13.0. The molecule has 0 radical (unpaired) electrons. The van der Waals surface area contributed by atoms with E-state index in [0.29, 0.717) is 42.1 Å². The van der Waals surface area contributed by atoms with Crippen molar-refractivity contribution in [2.75, 3.05) is 11.9 Å². The molecule has 146 valence electrons. The summed E-state index contributed by atoms with van der Waals surface area (Å²) in [5.74, 6) is 0.193. The molecule has 0 bridgehead atoms. The minimum Gasteiger partial charge on any atom is -0.441 e. The smallest absolute Gasteiger partial charge is 0.243 e. The van der Waals surface area contributed by atoms with Gasteiger partial charge in [0.25, 0.3) is 0 Å².